The minimum atomic E-state index is -2.67. The maximum absolute atomic E-state index is 14.4. The van der Waals surface area contributed by atoms with Crippen LogP contribution in [0.25, 0.3) is 0 Å². The fourth-order valence-electron chi connectivity index (χ4n) is 3.37. The van der Waals surface area contributed by atoms with E-state index in [0.29, 0.717) is 0 Å². The number of halogens is 2. The van der Waals surface area contributed by atoms with Crippen LogP contribution in [0.3, 0.4) is 0 Å². The van der Waals surface area contributed by atoms with Gasteiger partial charge < -0.3 is 5.32 Å². The lowest BCUT2D eigenvalue weighted by Crippen LogP contribution is -2.30. The van der Waals surface area contributed by atoms with E-state index in [1.807, 2.05) is 6.07 Å². The average Bonchev–Trinajstić information content (AvgIpc) is 2.86. The van der Waals surface area contributed by atoms with Crippen LogP contribution in [-0.2, 0) is 18.8 Å². The van der Waals surface area contributed by atoms with Gasteiger partial charge in [0, 0.05) is 12.0 Å². The minimum Gasteiger partial charge on any atom is -0.317 e. The number of nitrogens with one attached hydrogen (secondary N) is 1. The van der Waals surface area contributed by atoms with Crippen LogP contribution in [-0.4, -0.2) is 13.1 Å². The van der Waals surface area contributed by atoms with Crippen LogP contribution in [0, 0.1) is 5.92 Å². The van der Waals surface area contributed by atoms with E-state index in [1.54, 1.807) is 12.1 Å². The molecular weight excluding hydrogens is 244 g/mol. The number of alkyl halides is 2. The topological polar surface area (TPSA) is 12.0 Å². The van der Waals surface area contributed by atoms with Crippen molar-refractivity contribution >= 4 is 0 Å². The summed E-state index contributed by atoms with van der Waals surface area (Å²) in [4.78, 5) is 0. The highest BCUT2D eigenvalue weighted by atomic mass is 19.3. The molecule has 0 unspecified atom stereocenters. The molecule has 1 aliphatic heterocycles. The predicted octanol–water partition coefficient (Wildman–Crippen LogP) is 3.66. The lowest BCUT2D eigenvalue weighted by Gasteiger charge is -2.27. The summed E-state index contributed by atoms with van der Waals surface area (Å²) < 4.78 is 28.8. The third-order valence-electron chi connectivity index (χ3n) is 4.52. The van der Waals surface area contributed by atoms with Gasteiger partial charge in [0.15, 0.2) is 0 Å². The first-order valence-corrected chi connectivity index (χ1v) is 7.36. The van der Waals surface area contributed by atoms with Crippen LogP contribution in [0.5, 0.6) is 0 Å². The largest absolute Gasteiger partial charge is 0.317 e. The van der Waals surface area contributed by atoms with Gasteiger partial charge in [0.25, 0.3) is 5.92 Å². The van der Waals surface area contributed by atoms with Crippen LogP contribution < -0.4 is 5.32 Å². The van der Waals surface area contributed by atoms with Crippen LogP contribution in [0.4, 0.5) is 8.78 Å². The third-order valence-corrected chi connectivity index (χ3v) is 4.52. The van der Waals surface area contributed by atoms with Gasteiger partial charge in [-0.25, -0.2) is 8.78 Å². The second-order valence-corrected chi connectivity index (χ2v) is 5.94. The van der Waals surface area contributed by atoms with Gasteiger partial charge in [0.05, 0.1) is 0 Å². The van der Waals surface area contributed by atoms with Crippen LogP contribution in [0.15, 0.2) is 18.2 Å². The number of rotatable bonds is 3. The first-order chi connectivity index (χ1) is 9.15. The second kappa shape index (κ2) is 5.20. The molecule has 1 heterocycles. The van der Waals surface area contributed by atoms with E-state index in [0.717, 1.165) is 50.8 Å². The lowest BCUT2D eigenvalue weighted by atomic mass is 9.88. The summed E-state index contributed by atoms with van der Waals surface area (Å²) in [6.07, 6.45) is 4.88. The molecule has 0 amide bonds. The fourth-order valence-corrected chi connectivity index (χ4v) is 3.37. The Labute approximate surface area is 113 Å². The van der Waals surface area contributed by atoms with Crippen molar-refractivity contribution in [2.45, 2.75) is 44.4 Å². The van der Waals surface area contributed by atoms with Crippen LogP contribution in [0.1, 0.15) is 42.4 Å². The molecule has 0 atom stereocenters. The highest BCUT2D eigenvalue weighted by molar-refractivity contribution is 5.37. The summed E-state index contributed by atoms with van der Waals surface area (Å²) in [5.74, 6) is -2.51. The Bertz CT molecular complexity index is 450. The minimum absolute atomic E-state index is 0.00741. The summed E-state index contributed by atoms with van der Waals surface area (Å²) in [5, 5.41) is 3.23. The van der Waals surface area contributed by atoms with Crippen molar-refractivity contribution < 1.29 is 8.78 Å². The average molecular weight is 265 g/mol. The van der Waals surface area contributed by atoms with Crippen LogP contribution >= 0.6 is 0 Å². The van der Waals surface area contributed by atoms with Gasteiger partial charge in [-0.05, 0) is 68.3 Å². The molecule has 1 aromatic rings. The molecule has 3 heteroatoms. The Balaban J connectivity index is 1.75. The molecule has 0 radical (unpaired) electrons. The molecule has 1 saturated heterocycles. The third kappa shape index (κ3) is 2.81. The summed E-state index contributed by atoms with van der Waals surface area (Å²) in [6.45, 7) is 1.76. The van der Waals surface area contributed by atoms with Gasteiger partial charge in [0.1, 0.15) is 0 Å². The van der Waals surface area contributed by atoms with Crippen molar-refractivity contribution in [3.05, 3.63) is 34.9 Å². The Morgan fingerprint density at radius 3 is 2.63 bits per heavy atom. The monoisotopic (exact) mass is 265 g/mol. The molecule has 1 nitrogen and oxygen atoms in total. The maximum atomic E-state index is 14.4. The molecule has 1 aliphatic carbocycles. The highest BCUT2D eigenvalue weighted by Crippen LogP contribution is 2.38. The van der Waals surface area contributed by atoms with Crippen molar-refractivity contribution in [1.29, 1.82) is 0 Å². The molecule has 0 saturated carbocycles. The molecule has 1 N–H and O–H groups in total. The second-order valence-electron chi connectivity index (χ2n) is 5.94. The van der Waals surface area contributed by atoms with Gasteiger partial charge in [0.2, 0.25) is 0 Å². The highest BCUT2D eigenvalue weighted by Gasteiger charge is 2.35. The van der Waals surface area contributed by atoms with Crippen molar-refractivity contribution in [2.75, 3.05) is 13.1 Å². The maximum Gasteiger partial charge on any atom is 0.273 e. The van der Waals surface area contributed by atoms with E-state index in [2.05, 4.69) is 5.32 Å². The fraction of sp³-hybridized carbons (Fsp3) is 0.625. The number of fused-ring (bicyclic) bond motifs is 1. The van der Waals surface area contributed by atoms with Gasteiger partial charge in [-0.15, -0.1) is 0 Å². The van der Waals surface area contributed by atoms with Crippen molar-refractivity contribution in [3.8, 4) is 0 Å². The molecule has 104 valence electrons. The number of hydrogen-bond acceptors (Lipinski definition) is 1. The first-order valence-electron chi connectivity index (χ1n) is 7.36. The molecular formula is C16H21F2N. The molecule has 1 aromatic carbocycles. The number of aryl methyl sites for hydroxylation is 2. The standard InChI is InChI=1S/C16H21F2N/c17-16(18,11-12-6-8-19-9-7-12)15-5-4-13-2-1-3-14(13)10-15/h4-5,10,12,19H,1-3,6-9,11H2. The summed E-state index contributed by atoms with van der Waals surface area (Å²) in [5.41, 5.74) is 2.63. The van der Waals surface area contributed by atoms with Gasteiger partial charge in [-0.1, -0.05) is 12.1 Å². The first kappa shape index (κ1) is 13.0. The molecule has 0 aromatic heterocycles. The predicted molar refractivity (Wildman–Crippen MR) is 72.6 cm³/mol. The zero-order valence-electron chi connectivity index (χ0n) is 11.2. The summed E-state index contributed by atoms with van der Waals surface area (Å²) >= 11 is 0. The quantitative estimate of drug-likeness (QED) is 0.879. The Kier molecular flexibility index (Phi) is 3.57. The van der Waals surface area contributed by atoms with Gasteiger partial charge in [-0.3, -0.25) is 0 Å². The SMILES string of the molecule is FC(F)(CC1CCNCC1)c1ccc2c(c1)CCC2. The van der Waals surface area contributed by atoms with E-state index < -0.39 is 5.92 Å². The molecule has 19 heavy (non-hydrogen) atoms. The Morgan fingerprint density at radius 2 is 1.84 bits per heavy atom. The molecule has 2 aliphatic rings. The number of piperidine rings is 1. The van der Waals surface area contributed by atoms with Crippen molar-refractivity contribution in [3.63, 3.8) is 0 Å². The van der Waals surface area contributed by atoms with E-state index in [9.17, 15) is 8.78 Å². The normalized spacial score (nSPS) is 20.5. The molecule has 0 spiro atoms. The number of hydrogen-bond donors (Lipinski definition) is 1. The summed E-state index contributed by atoms with van der Waals surface area (Å²) in [6, 6.07) is 5.31. The zero-order chi connectivity index (χ0) is 13.3. The van der Waals surface area contributed by atoms with Gasteiger partial charge in [-0.2, -0.15) is 0 Å². The van der Waals surface area contributed by atoms with Gasteiger partial charge >= 0.3 is 0 Å². The molecule has 1 fully saturated rings. The van der Waals surface area contributed by atoms with E-state index in [4.69, 9.17) is 0 Å². The van der Waals surface area contributed by atoms with Crippen LogP contribution in [0.2, 0.25) is 0 Å². The smallest absolute Gasteiger partial charge is 0.273 e. The molecule has 3 rings (SSSR count). The van der Waals surface area contributed by atoms with E-state index >= 15 is 0 Å². The molecule has 0 bridgehead atoms. The Morgan fingerprint density at radius 1 is 1.11 bits per heavy atom. The van der Waals surface area contributed by atoms with Crippen molar-refractivity contribution in [2.24, 2.45) is 5.92 Å². The zero-order valence-corrected chi connectivity index (χ0v) is 11.2. The lowest BCUT2D eigenvalue weighted by molar-refractivity contribution is -0.0326. The number of benzene rings is 1. The van der Waals surface area contributed by atoms with Crippen molar-refractivity contribution in [1.82, 2.24) is 5.32 Å². The van der Waals surface area contributed by atoms with E-state index in [-0.39, 0.29) is 17.9 Å². The summed E-state index contributed by atoms with van der Waals surface area (Å²) in [7, 11) is 0. The Hall–Kier alpha value is -0.960. The van der Waals surface area contributed by atoms with E-state index in [1.165, 1.54) is 5.56 Å².